The molecule has 0 saturated carbocycles. The molecule has 0 aromatic carbocycles. The molecule has 2 heteroatoms. The molecule has 13 heavy (non-hydrogen) atoms. The van der Waals surface area contributed by atoms with Crippen molar-refractivity contribution in [2.75, 3.05) is 6.61 Å². The van der Waals surface area contributed by atoms with Crippen LogP contribution in [0, 0.1) is 16.7 Å². The van der Waals surface area contributed by atoms with Gasteiger partial charge in [0.05, 0.1) is 12.7 Å². The number of aliphatic hydroxyl groups is 2. The Kier molecular flexibility index (Phi) is 3.95. The number of rotatable bonds is 4. The van der Waals surface area contributed by atoms with Crippen molar-refractivity contribution < 1.29 is 10.2 Å². The zero-order valence-corrected chi connectivity index (χ0v) is 9.76. The smallest absolute Gasteiger partial charge is 0.0666 e. The van der Waals surface area contributed by atoms with E-state index in [1.165, 1.54) is 0 Å². The molecule has 0 fully saturated rings. The summed E-state index contributed by atoms with van der Waals surface area (Å²) in [7, 11) is 0. The van der Waals surface area contributed by atoms with E-state index in [0.29, 0.717) is 5.92 Å². The molecule has 0 aromatic heterocycles. The highest BCUT2D eigenvalue weighted by Crippen LogP contribution is 2.39. The topological polar surface area (TPSA) is 40.5 Å². The summed E-state index contributed by atoms with van der Waals surface area (Å²) >= 11 is 0. The van der Waals surface area contributed by atoms with Gasteiger partial charge in [-0.2, -0.15) is 0 Å². The Balaban J connectivity index is 4.67. The number of hydrogen-bond donors (Lipinski definition) is 2. The third-order valence-corrected chi connectivity index (χ3v) is 3.34. The lowest BCUT2D eigenvalue weighted by Crippen LogP contribution is -2.46. The van der Waals surface area contributed by atoms with Crippen molar-refractivity contribution in [2.45, 2.75) is 47.6 Å². The third kappa shape index (κ3) is 2.68. The molecule has 2 N–H and O–H groups in total. The molecule has 0 bridgehead atoms. The molecule has 0 amide bonds. The Morgan fingerprint density at radius 2 is 1.46 bits per heavy atom. The van der Waals surface area contributed by atoms with Gasteiger partial charge < -0.3 is 10.2 Å². The van der Waals surface area contributed by atoms with Gasteiger partial charge in [0.2, 0.25) is 0 Å². The molecule has 0 saturated heterocycles. The van der Waals surface area contributed by atoms with Gasteiger partial charge in [0, 0.05) is 5.41 Å². The first-order valence-corrected chi connectivity index (χ1v) is 4.95. The van der Waals surface area contributed by atoms with Crippen molar-refractivity contribution in [3.05, 3.63) is 0 Å². The summed E-state index contributed by atoms with van der Waals surface area (Å²) < 4.78 is 0. The number of hydrogen-bond acceptors (Lipinski definition) is 2. The molecular weight excluding hydrogens is 164 g/mol. The molecule has 0 heterocycles. The predicted octanol–water partition coefficient (Wildman–Crippen LogP) is 2.05. The maximum absolute atomic E-state index is 10.1. The quantitative estimate of drug-likeness (QED) is 0.709. The minimum atomic E-state index is -0.481. The summed E-state index contributed by atoms with van der Waals surface area (Å²) in [6, 6.07) is 0. The molecule has 0 aliphatic rings. The van der Waals surface area contributed by atoms with Gasteiger partial charge in [0.15, 0.2) is 0 Å². The van der Waals surface area contributed by atoms with E-state index < -0.39 is 11.5 Å². The van der Waals surface area contributed by atoms with Crippen molar-refractivity contribution in [1.82, 2.24) is 0 Å². The largest absolute Gasteiger partial charge is 0.396 e. The van der Waals surface area contributed by atoms with Gasteiger partial charge in [0.1, 0.15) is 0 Å². The molecule has 80 valence electrons. The van der Waals surface area contributed by atoms with Crippen LogP contribution in [0.15, 0.2) is 0 Å². The molecule has 0 aliphatic carbocycles. The Morgan fingerprint density at radius 3 is 1.69 bits per heavy atom. The van der Waals surface area contributed by atoms with Gasteiger partial charge in [-0.1, -0.05) is 41.5 Å². The first-order valence-electron chi connectivity index (χ1n) is 4.95. The van der Waals surface area contributed by atoms with Crippen LogP contribution in [0.25, 0.3) is 0 Å². The molecule has 0 aromatic rings. The fraction of sp³-hybridized carbons (Fsp3) is 1.00. The van der Waals surface area contributed by atoms with E-state index in [-0.39, 0.29) is 12.0 Å². The van der Waals surface area contributed by atoms with Gasteiger partial charge in [0.25, 0.3) is 0 Å². The maximum Gasteiger partial charge on any atom is 0.0666 e. The zero-order valence-electron chi connectivity index (χ0n) is 9.76. The van der Waals surface area contributed by atoms with Gasteiger partial charge in [-0.15, -0.1) is 0 Å². The monoisotopic (exact) mass is 188 g/mol. The van der Waals surface area contributed by atoms with Crippen LogP contribution in [0.4, 0.5) is 0 Å². The molecule has 1 unspecified atom stereocenters. The average Bonchev–Trinajstić information content (AvgIpc) is 2.02. The van der Waals surface area contributed by atoms with Gasteiger partial charge in [-0.3, -0.25) is 0 Å². The Morgan fingerprint density at radius 1 is 1.08 bits per heavy atom. The van der Waals surface area contributed by atoms with E-state index in [2.05, 4.69) is 13.8 Å². The van der Waals surface area contributed by atoms with Crippen LogP contribution in [0.2, 0.25) is 0 Å². The zero-order chi connectivity index (χ0) is 10.9. The highest BCUT2D eigenvalue weighted by molar-refractivity contribution is 4.90. The van der Waals surface area contributed by atoms with E-state index in [4.69, 9.17) is 5.11 Å². The van der Waals surface area contributed by atoms with Crippen LogP contribution in [-0.4, -0.2) is 22.9 Å². The second kappa shape index (κ2) is 3.97. The van der Waals surface area contributed by atoms with Crippen LogP contribution < -0.4 is 0 Å². The van der Waals surface area contributed by atoms with E-state index in [1.807, 2.05) is 27.7 Å². The Labute approximate surface area is 82.0 Å². The number of aliphatic hydroxyl groups excluding tert-OH is 2. The minimum absolute atomic E-state index is 0.0182. The first-order chi connectivity index (χ1) is 5.66. The van der Waals surface area contributed by atoms with Crippen LogP contribution in [-0.2, 0) is 0 Å². The van der Waals surface area contributed by atoms with E-state index in [0.717, 1.165) is 0 Å². The lowest BCUT2D eigenvalue weighted by atomic mass is 9.67. The van der Waals surface area contributed by atoms with Crippen molar-refractivity contribution >= 4 is 0 Å². The highest BCUT2D eigenvalue weighted by Gasteiger charge is 2.40. The lowest BCUT2D eigenvalue weighted by Gasteiger charge is -2.42. The van der Waals surface area contributed by atoms with E-state index >= 15 is 0 Å². The summed E-state index contributed by atoms with van der Waals surface area (Å²) in [4.78, 5) is 0. The lowest BCUT2D eigenvalue weighted by molar-refractivity contribution is -0.0823. The van der Waals surface area contributed by atoms with Crippen molar-refractivity contribution in [3.8, 4) is 0 Å². The van der Waals surface area contributed by atoms with Gasteiger partial charge in [-0.25, -0.2) is 0 Å². The normalized spacial score (nSPS) is 16.4. The summed E-state index contributed by atoms with van der Waals surface area (Å²) in [5, 5.41) is 19.3. The average molecular weight is 188 g/mol. The summed E-state index contributed by atoms with van der Waals surface area (Å²) in [5.74, 6) is 0.397. The Bertz CT molecular complexity index is 159. The Hall–Kier alpha value is -0.0800. The maximum atomic E-state index is 10.1. The van der Waals surface area contributed by atoms with Crippen LogP contribution >= 0.6 is 0 Å². The van der Waals surface area contributed by atoms with Gasteiger partial charge >= 0.3 is 0 Å². The van der Waals surface area contributed by atoms with Crippen LogP contribution in [0.3, 0.4) is 0 Å². The van der Waals surface area contributed by atoms with E-state index in [1.54, 1.807) is 0 Å². The second-order valence-electron chi connectivity index (χ2n) is 5.53. The van der Waals surface area contributed by atoms with Crippen LogP contribution in [0.1, 0.15) is 41.5 Å². The van der Waals surface area contributed by atoms with Crippen LogP contribution in [0.5, 0.6) is 0 Å². The first kappa shape index (κ1) is 12.9. The van der Waals surface area contributed by atoms with Crippen molar-refractivity contribution in [3.63, 3.8) is 0 Å². The molecule has 0 aliphatic heterocycles. The fourth-order valence-electron chi connectivity index (χ4n) is 1.41. The fourth-order valence-corrected chi connectivity index (χ4v) is 1.41. The second-order valence-corrected chi connectivity index (χ2v) is 5.53. The van der Waals surface area contributed by atoms with E-state index in [9.17, 15) is 5.11 Å². The summed E-state index contributed by atoms with van der Waals surface area (Å²) in [5.41, 5.74) is -0.583. The molecular formula is C11H24O2. The summed E-state index contributed by atoms with van der Waals surface area (Å²) in [6.45, 7) is 12.1. The SMILES string of the molecule is CC(C)C(C)(C)C(O)C(C)(C)CO. The van der Waals surface area contributed by atoms with Gasteiger partial charge in [-0.05, 0) is 11.3 Å². The van der Waals surface area contributed by atoms with Crippen molar-refractivity contribution in [2.24, 2.45) is 16.7 Å². The third-order valence-electron chi connectivity index (χ3n) is 3.34. The molecule has 0 rings (SSSR count). The standard InChI is InChI=1S/C11H24O2/c1-8(2)11(5,6)9(13)10(3,4)7-12/h8-9,12-13H,7H2,1-6H3. The molecule has 2 nitrogen and oxygen atoms in total. The van der Waals surface area contributed by atoms with Crippen molar-refractivity contribution in [1.29, 1.82) is 0 Å². The highest BCUT2D eigenvalue weighted by atomic mass is 16.3. The predicted molar refractivity (Wildman–Crippen MR) is 55.5 cm³/mol. The molecule has 1 atom stereocenters. The summed E-state index contributed by atoms with van der Waals surface area (Å²) in [6.07, 6.45) is -0.481. The minimum Gasteiger partial charge on any atom is -0.396 e. The molecule has 0 radical (unpaired) electrons. The molecule has 0 spiro atoms.